The summed E-state index contributed by atoms with van der Waals surface area (Å²) in [4.78, 5) is 16.1. The van der Waals surface area contributed by atoms with Gasteiger partial charge < -0.3 is 15.6 Å². The number of aromatic nitrogens is 1. The molecular formula is C21H28N2O3. The monoisotopic (exact) mass is 356 g/mol. The Balaban J connectivity index is 2.07. The van der Waals surface area contributed by atoms with Gasteiger partial charge in [0.15, 0.2) is 0 Å². The van der Waals surface area contributed by atoms with Crippen molar-refractivity contribution in [3.8, 4) is 5.75 Å². The standard InChI is InChI=1S/C21H28N2O3/c1-11(2)14-9-8-12(3)10-17(14)26-16-7-5-6-15-19(16)20(22)18(21(24)25)13(4)23-15/h5-7,11-12,14,17H,8-10H2,1-4H3,(H2,22,23)(H,24,25)/t12-,14?,17-/m1/s1. The van der Waals surface area contributed by atoms with Gasteiger partial charge in [-0.2, -0.15) is 0 Å². The lowest BCUT2D eigenvalue weighted by Crippen LogP contribution is -2.36. The number of carboxylic acid groups (broad SMARTS) is 1. The van der Waals surface area contributed by atoms with E-state index in [9.17, 15) is 9.90 Å². The Hall–Kier alpha value is -2.30. The SMILES string of the molecule is Cc1nc2cccc(O[C@@H]3C[C@H](C)CCC3C(C)C)c2c(N)c1C(=O)O. The number of aryl methyl sites for hydroxylation is 1. The molecular weight excluding hydrogens is 328 g/mol. The zero-order valence-corrected chi connectivity index (χ0v) is 16.0. The summed E-state index contributed by atoms with van der Waals surface area (Å²) < 4.78 is 6.46. The summed E-state index contributed by atoms with van der Waals surface area (Å²) in [6.07, 6.45) is 3.49. The molecule has 0 saturated heterocycles. The fourth-order valence-electron chi connectivity index (χ4n) is 4.22. The summed E-state index contributed by atoms with van der Waals surface area (Å²) in [5.74, 6) is 1.22. The van der Waals surface area contributed by atoms with Gasteiger partial charge in [0, 0.05) is 0 Å². The van der Waals surface area contributed by atoms with Gasteiger partial charge in [0.2, 0.25) is 0 Å². The Bertz CT molecular complexity index is 832. The Kier molecular flexibility index (Phi) is 5.08. The number of ether oxygens (including phenoxy) is 1. The summed E-state index contributed by atoms with van der Waals surface area (Å²) in [6, 6.07) is 5.61. The molecule has 140 valence electrons. The molecule has 1 aromatic carbocycles. The highest BCUT2D eigenvalue weighted by atomic mass is 16.5. The van der Waals surface area contributed by atoms with E-state index in [-0.39, 0.29) is 17.4 Å². The first-order valence-electron chi connectivity index (χ1n) is 9.38. The molecule has 1 saturated carbocycles. The summed E-state index contributed by atoms with van der Waals surface area (Å²) in [5, 5.41) is 10.1. The van der Waals surface area contributed by atoms with Crippen LogP contribution in [0.4, 0.5) is 5.69 Å². The molecule has 5 heteroatoms. The van der Waals surface area contributed by atoms with Crippen LogP contribution < -0.4 is 10.5 Å². The Morgan fingerprint density at radius 1 is 1.35 bits per heavy atom. The largest absolute Gasteiger partial charge is 0.489 e. The molecule has 1 aliphatic rings. The molecule has 3 rings (SSSR count). The van der Waals surface area contributed by atoms with Gasteiger partial charge in [-0.25, -0.2) is 4.79 Å². The van der Waals surface area contributed by atoms with Gasteiger partial charge in [-0.05, 0) is 49.7 Å². The van der Waals surface area contributed by atoms with Crippen LogP contribution in [0.5, 0.6) is 5.75 Å². The maximum absolute atomic E-state index is 11.6. The fraction of sp³-hybridized carbons (Fsp3) is 0.524. The van der Waals surface area contributed by atoms with Gasteiger partial charge >= 0.3 is 5.97 Å². The van der Waals surface area contributed by atoms with Crippen LogP contribution in [0.15, 0.2) is 18.2 Å². The number of aromatic carboxylic acids is 1. The molecule has 2 aromatic rings. The first kappa shape index (κ1) is 18.5. The number of carboxylic acids is 1. The predicted octanol–water partition coefficient (Wildman–Crippen LogP) is 4.66. The van der Waals surface area contributed by atoms with E-state index >= 15 is 0 Å². The minimum Gasteiger partial charge on any atom is -0.489 e. The number of nitrogens with two attached hydrogens (primary N) is 1. The zero-order chi connectivity index (χ0) is 19.0. The third kappa shape index (κ3) is 3.35. The van der Waals surface area contributed by atoms with E-state index in [0.29, 0.717) is 40.1 Å². The molecule has 1 unspecified atom stereocenters. The van der Waals surface area contributed by atoms with E-state index in [2.05, 4.69) is 25.8 Å². The second-order valence-electron chi connectivity index (χ2n) is 7.92. The second kappa shape index (κ2) is 7.14. The van der Waals surface area contributed by atoms with Crippen LogP contribution in [0, 0.1) is 24.7 Å². The Labute approximate surface area is 154 Å². The van der Waals surface area contributed by atoms with Gasteiger partial charge in [0.05, 0.1) is 22.3 Å². The lowest BCUT2D eigenvalue weighted by atomic mass is 9.75. The van der Waals surface area contributed by atoms with Crippen molar-refractivity contribution < 1.29 is 14.6 Å². The van der Waals surface area contributed by atoms with E-state index in [1.807, 2.05) is 18.2 Å². The van der Waals surface area contributed by atoms with Crippen molar-refractivity contribution in [2.75, 3.05) is 5.73 Å². The van der Waals surface area contributed by atoms with E-state index in [1.165, 1.54) is 6.42 Å². The van der Waals surface area contributed by atoms with Crippen molar-refractivity contribution in [2.45, 2.75) is 53.1 Å². The van der Waals surface area contributed by atoms with Gasteiger partial charge in [-0.15, -0.1) is 0 Å². The van der Waals surface area contributed by atoms with Crippen LogP contribution in [0.2, 0.25) is 0 Å². The molecule has 0 aliphatic heterocycles. The van der Waals surface area contributed by atoms with Crippen LogP contribution in [0.1, 0.15) is 56.1 Å². The number of nitrogens with zero attached hydrogens (tertiary/aromatic N) is 1. The number of pyridine rings is 1. The molecule has 1 aromatic heterocycles. The molecule has 0 radical (unpaired) electrons. The Morgan fingerprint density at radius 2 is 2.08 bits per heavy atom. The summed E-state index contributed by atoms with van der Waals surface area (Å²) in [6.45, 7) is 8.41. The molecule has 3 N–H and O–H groups in total. The molecule has 0 amide bonds. The van der Waals surface area contributed by atoms with E-state index in [0.717, 1.165) is 12.8 Å². The highest BCUT2D eigenvalue weighted by Crippen LogP contribution is 2.39. The van der Waals surface area contributed by atoms with Crippen LogP contribution in [-0.4, -0.2) is 22.2 Å². The molecule has 3 atom stereocenters. The topological polar surface area (TPSA) is 85.4 Å². The molecule has 1 fully saturated rings. The number of nitrogen functional groups attached to an aromatic ring is 1. The first-order chi connectivity index (χ1) is 12.3. The third-order valence-corrected chi connectivity index (χ3v) is 5.65. The predicted molar refractivity (Wildman–Crippen MR) is 104 cm³/mol. The molecule has 0 spiro atoms. The van der Waals surface area contributed by atoms with Crippen LogP contribution in [0.3, 0.4) is 0 Å². The fourth-order valence-corrected chi connectivity index (χ4v) is 4.22. The highest BCUT2D eigenvalue weighted by molar-refractivity contribution is 6.06. The summed E-state index contributed by atoms with van der Waals surface area (Å²) in [7, 11) is 0. The van der Waals surface area contributed by atoms with Gasteiger partial charge in [-0.1, -0.05) is 33.3 Å². The zero-order valence-electron chi connectivity index (χ0n) is 16.0. The van der Waals surface area contributed by atoms with Crippen molar-refractivity contribution in [1.82, 2.24) is 4.98 Å². The van der Waals surface area contributed by atoms with Crippen molar-refractivity contribution >= 4 is 22.6 Å². The molecule has 1 aliphatic carbocycles. The van der Waals surface area contributed by atoms with E-state index in [1.54, 1.807) is 6.92 Å². The number of rotatable bonds is 4. The van der Waals surface area contributed by atoms with Crippen molar-refractivity contribution in [2.24, 2.45) is 17.8 Å². The van der Waals surface area contributed by atoms with Gasteiger partial charge in [0.25, 0.3) is 0 Å². The highest BCUT2D eigenvalue weighted by Gasteiger charge is 2.33. The minimum atomic E-state index is -1.06. The minimum absolute atomic E-state index is 0.0611. The van der Waals surface area contributed by atoms with Crippen LogP contribution in [0.25, 0.3) is 10.9 Å². The number of fused-ring (bicyclic) bond motifs is 1. The first-order valence-corrected chi connectivity index (χ1v) is 9.38. The lowest BCUT2D eigenvalue weighted by molar-refractivity contribution is 0.0472. The van der Waals surface area contributed by atoms with Gasteiger partial charge in [-0.3, -0.25) is 4.98 Å². The smallest absolute Gasteiger partial charge is 0.339 e. The van der Waals surface area contributed by atoms with Gasteiger partial charge in [0.1, 0.15) is 17.4 Å². The quantitative estimate of drug-likeness (QED) is 0.832. The second-order valence-corrected chi connectivity index (χ2v) is 7.92. The molecule has 26 heavy (non-hydrogen) atoms. The number of benzene rings is 1. The molecule has 5 nitrogen and oxygen atoms in total. The number of hydrogen-bond acceptors (Lipinski definition) is 4. The van der Waals surface area contributed by atoms with Crippen LogP contribution in [-0.2, 0) is 0 Å². The number of anilines is 1. The Morgan fingerprint density at radius 3 is 2.73 bits per heavy atom. The van der Waals surface area contributed by atoms with E-state index < -0.39 is 5.97 Å². The lowest BCUT2D eigenvalue weighted by Gasteiger charge is -2.37. The van der Waals surface area contributed by atoms with Crippen molar-refractivity contribution in [1.29, 1.82) is 0 Å². The summed E-state index contributed by atoms with van der Waals surface area (Å²) >= 11 is 0. The number of hydrogen-bond donors (Lipinski definition) is 2. The average molecular weight is 356 g/mol. The summed E-state index contributed by atoms with van der Waals surface area (Å²) in [5.41, 5.74) is 7.64. The van der Waals surface area contributed by atoms with Crippen molar-refractivity contribution in [3.05, 3.63) is 29.5 Å². The normalized spacial score (nSPS) is 23.3. The third-order valence-electron chi connectivity index (χ3n) is 5.65. The molecule has 0 bridgehead atoms. The van der Waals surface area contributed by atoms with Crippen molar-refractivity contribution in [3.63, 3.8) is 0 Å². The maximum atomic E-state index is 11.6. The van der Waals surface area contributed by atoms with Crippen LogP contribution >= 0.6 is 0 Å². The maximum Gasteiger partial charge on any atom is 0.339 e. The molecule has 1 heterocycles. The van der Waals surface area contributed by atoms with E-state index in [4.69, 9.17) is 10.5 Å². The number of carbonyl (C=O) groups is 1. The average Bonchev–Trinajstić information content (AvgIpc) is 2.54.